The first-order valence-corrected chi connectivity index (χ1v) is 11.3. The fourth-order valence-corrected chi connectivity index (χ4v) is 4.68. The van der Waals surface area contributed by atoms with Gasteiger partial charge in [0.1, 0.15) is 11.4 Å². The summed E-state index contributed by atoms with van der Waals surface area (Å²) >= 11 is 0. The second kappa shape index (κ2) is 9.07. The van der Waals surface area contributed by atoms with Crippen LogP contribution in [0.15, 0.2) is 48.2 Å². The first-order chi connectivity index (χ1) is 15.5. The predicted molar refractivity (Wildman–Crippen MR) is 127 cm³/mol. The summed E-state index contributed by atoms with van der Waals surface area (Å²) in [7, 11) is 1.68. The van der Waals surface area contributed by atoms with Crippen LogP contribution in [-0.2, 0) is 9.59 Å². The first kappa shape index (κ1) is 21.9. The van der Waals surface area contributed by atoms with Crippen molar-refractivity contribution in [3.05, 3.63) is 64.9 Å². The molecular weight excluding hydrogens is 402 g/mol. The minimum Gasteiger partial charge on any atom is -0.495 e. The predicted octanol–water partition coefficient (Wildman–Crippen LogP) is 3.62. The largest absolute Gasteiger partial charge is 0.495 e. The number of amides is 2. The van der Waals surface area contributed by atoms with Gasteiger partial charge in [0.2, 0.25) is 0 Å². The molecule has 2 aromatic carbocycles. The van der Waals surface area contributed by atoms with Crippen molar-refractivity contribution < 1.29 is 14.3 Å². The van der Waals surface area contributed by atoms with E-state index in [1.165, 1.54) is 4.90 Å². The number of methoxy groups -OCH3 is 1. The highest BCUT2D eigenvalue weighted by Crippen LogP contribution is 2.35. The van der Waals surface area contributed by atoms with Gasteiger partial charge in [-0.3, -0.25) is 14.5 Å². The standard InChI is InChI=1S/C26H31N3O3/c1-5-12-29-25(30)23(20-11-10-18(2)17-19(20)3)24(26(29)31)28-15-13-27(14-16-28)21-8-6-7-9-22(21)32-4/h6-11,17H,5,12-16H2,1-4H3. The van der Waals surface area contributed by atoms with Crippen molar-refractivity contribution in [2.75, 3.05) is 44.7 Å². The number of hydrogen-bond acceptors (Lipinski definition) is 5. The van der Waals surface area contributed by atoms with Gasteiger partial charge >= 0.3 is 0 Å². The number of carbonyl (C=O) groups is 2. The van der Waals surface area contributed by atoms with Crippen molar-refractivity contribution in [1.82, 2.24) is 9.80 Å². The van der Waals surface area contributed by atoms with E-state index >= 15 is 0 Å². The molecular formula is C26H31N3O3. The number of imide groups is 1. The lowest BCUT2D eigenvalue weighted by Crippen LogP contribution is -2.47. The Morgan fingerprint density at radius 2 is 1.59 bits per heavy atom. The molecule has 2 aliphatic rings. The van der Waals surface area contributed by atoms with E-state index in [1.54, 1.807) is 7.11 Å². The SMILES string of the molecule is CCCN1C(=O)C(c2ccc(C)cc2C)=C(N2CCN(c3ccccc3OC)CC2)C1=O. The first-order valence-electron chi connectivity index (χ1n) is 11.3. The molecule has 0 N–H and O–H groups in total. The van der Waals surface area contributed by atoms with E-state index in [2.05, 4.69) is 21.9 Å². The fourth-order valence-electron chi connectivity index (χ4n) is 4.68. The van der Waals surface area contributed by atoms with Gasteiger partial charge in [-0.25, -0.2) is 0 Å². The van der Waals surface area contributed by atoms with Gasteiger partial charge in [0, 0.05) is 32.7 Å². The lowest BCUT2D eigenvalue weighted by molar-refractivity contribution is -0.137. The average molecular weight is 434 g/mol. The van der Waals surface area contributed by atoms with Crippen LogP contribution in [0.25, 0.3) is 5.57 Å². The Morgan fingerprint density at radius 1 is 0.906 bits per heavy atom. The van der Waals surface area contributed by atoms with Gasteiger partial charge in [-0.15, -0.1) is 0 Å². The number of nitrogens with zero attached hydrogens (tertiary/aromatic N) is 3. The Morgan fingerprint density at radius 3 is 2.25 bits per heavy atom. The summed E-state index contributed by atoms with van der Waals surface area (Å²) in [5, 5.41) is 0. The third-order valence-corrected chi connectivity index (χ3v) is 6.26. The summed E-state index contributed by atoms with van der Waals surface area (Å²) in [5.41, 5.74) is 5.17. The number of aryl methyl sites for hydroxylation is 2. The summed E-state index contributed by atoms with van der Waals surface area (Å²) < 4.78 is 5.52. The summed E-state index contributed by atoms with van der Waals surface area (Å²) in [6.07, 6.45) is 0.743. The molecule has 2 aromatic rings. The minimum atomic E-state index is -0.175. The van der Waals surface area contributed by atoms with Gasteiger partial charge in [0.05, 0.1) is 18.4 Å². The molecule has 0 atom stereocenters. The molecule has 168 valence electrons. The number of piperazine rings is 1. The van der Waals surface area contributed by atoms with Crippen LogP contribution in [0, 0.1) is 13.8 Å². The van der Waals surface area contributed by atoms with E-state index in [0.29, 0.717) is 30.9 Å². The van der Waals surface area contributed by atoms with Crippen molar-refractivity contribution in [2.45, 2.75) is 27.2 Å². The van der Waals surface area contributed by atoms with E-state index in [1.807, 2.05) is 51.1 Å². The van der Waals surface area contributed by atoms with Gasteiger partial charge in [0.25, 0.3) is 11.8 Å². The molecule has 0 aromatic heterocycles. The van der Waals surface area contributed by atoms with Gasteiger partial charge < -0.3 is 14.5 Å². The number of benzene rings is 2. The fraction of sp³-hybridized carbons (Fsp3) is 0.385. The highest BCUT2D eigenvalue weighted by Gasteiger charge is 2.42. The normalized spacial score (nSPS) is 16.9. The molecule has 2 heterocycles. The molecule has 0 bridgehead atoms. The average Bonchev–Trinajstić information content (AvgIpc) is 3.04. The van der Waals surface area contributed by atoms with Crippen LogP contribution < -0.4 is 9.64 Å². The molecule has 2 amide bonds. The van der Waals surface area contributed by atoms with Gasteiger partial charge in [0.15, 0.2) is 0 Å². The number of carbonyl (C=O) groups excluding carboxylic acids is 2. The van der Waals surface area contributed by atoms with Crippen molar-refractivity contribution in [1.29, 1.82) is 0 Å². The lowest BCUT2D eigenvalue weighted by Gasteiger charge is -2.38. The second-order valence-corrected chi connectivity index (χ2v) is 8.45. The molecule has 1 fully saturated rings. The maximum Gasteiger partial charge on any atom is 0.277 e. The third-order valence-electron chi connectivity index (χ3n) is 6.26. The van der Waals surface area contributed by atoms with Crippen molar-refractivity contribution in [2.24, 2.45) is 0 Å². The number of hydrogen-bond donors (Lipinski definition) is 0. The Balaban J connectivity index is 1.67. The number of anilines is 1. The molecule has 32 heavy (non-hydrogen) atoms. The summed E-state index contributed by atoms with van der Waals surface area (Å²) in [5.74, 6) is 0.501. The maximum atomic E-state index is 13.4. The zero-order chi connectivity index (χ0) is 22.8. The van der Waals surface area contributed by atoms with Crippen molar-refractivity contribution in [3.63, 3.8) is 0 Å². The highest BCUT2D eigenvalue weighted by molar-refractivity contribution is 6.35. The quantitative estimate of drug-likeness (QED) is 0.652. The summed E-state index contributed by atoms with van der Waals surface area (Å²) in [6, 6.07) is 14.0. The van der Waals surface area contributed by atoms with Crippen LogP contribution in [0.3, 0.4) is 0 Å². The van der Waals surface area contributed by atoms with Gasteiger partial charge in [-0.1, -0.05) is 42.8 Å². The van der Waals surface area contributed by atoms with Gasteiger partial charge in [-0.05, 0) is 43.5 Å². The molecule has 0 unspecified atom stereocenters. The number of rotatable bonds is 6. The molecule has 1 saturated heterocycles. The molecule has 4 rings (SSSR count). The summed E-state index contributed by atoms with van der Waals surface area (Å²) in [6.45, 7) is 9.30. The lowest BCUT2D eigenvalue weighted by atomic mass is 9.97. The molecule has 0 aliphatic carbocycles. The van der Waals surface area contributed by atoms with E-state index in [0.717, 1.165) is 47.6 Å². The van der Waals surface area contributed by atoms with Crippen LogP contribution >= 0.6 is 0 Å². The smallest absolute Gasteiger partial charge is 0.277 e. The zero-order valence-corrected chi connectivity index (χ0v) is 19.4. The Kier molecular flexibility index (Phi) is 6.21. The number of ether oxygens (including phenoxy) is 1. The van der Waals surface area contributed by atoms with Crippen molar-refractivity contribution >= 4 is 23.1 Å². The molecule has 0 saturated carbocycles. The monoisotopic (exact) mass is 433 g/mol. The van der Waals surface area contributed by atoms with Crippen LogP contribution in [-0.4, -0.2) is 61.4 Å². The van der Waals surface area contributed by atoms with Crippen LogP contribution in [0.1, 0.15) is 30.0 Å². The topological polar surface area (TPSA) is 53.1 Å². The minimum absolute atomic E-state index is 0.169. The van der Waals surface area contributed by atoms with Crippen LogP contribution in [0.4, 0.5) is 5.69 Å². The number of para-hydroxylation sites is 2. The van der Waals surface area contributed by atoms with Crippen LogP contribution in [0.5, 0.6) is 5.75 Å². The molecule has 6 heteroatoms. The van der Waals surface area contributed by atoms with Crippen LogP contribution in [0.2, 0.25) is 0 Å². The Hall–Kier alpha value is -3.28. The molecule has 0 spiro atoms. The van der Waals surface area contributed by atoms with E-state index < -0.39 is 0 Å². The Bertz CT molecular complexity index is 1070. The molecule has 6 nitrogen and oxygen atoms in total. The van der Waals surface area contributed by atoms with E-state index in [9.17, 15) is 9.59 Å². The Labute approximate surface area is 190 Å². The van der Waals surface area contributed by atoms with E-state index in [-0.39, 0.29) is 11.8 Å². The van der Waals surface area contributed by atoms with Gasteiger partial charge in [-0.2, -0.15) is 0 Å². The van der Waals surface area contributed by atoms with E-state index in [4.69, 9.17) is 4.74 Å². The zero-order valence-electron chi connectivity index (χ0n) is 19.4. The maximum absolute atomic E-state index is 13.4. The highest BCUT2D eigenvalue weighted by atomic mass is 16.5. The molecule has 0 radical (unpaired) electrons. The van der Waals surface area contributed by atoms with Crippen molar-refractivity contribution in [3.8, 4) is 5.75 Å². The second-order valence-electron chi connectivity index (χ2n) is 8.45. The third kappa shape index (κ3) is 3.85. The summed E-state index contributed by atoms with van der Waals surface area (Å²) in [4.78, 5) is 32.5. The molecule has 2 aliphatic heterocycles.